The van der Waals surface area contributed by atoms with Crippen molar-refractivity contribution in [3.05, 3.63) is 78.4 Å². The van der Waals surface area contributed by atoms with E-state index in [1.165, 1.54) is 0 Å². The third-order valence-electron chi connectivity index (χ3n) is 5.94. The van der Waals surface area contributed by atoms with Gasteiger partial charge in [-0.25, -0.2) is 9.78 Å². The zero-order valence-corrected chi connectivity index (χ0v) is 18.7. The molecule has 8 heteroatoms. The summed E-state index contributed by atoms with van der Waals surface area (Å²) in [5.74, 6) is 1.31. The molecule has 3 amide bonds. The van der Waals surface area contributed by atoms with Crippen molar-refractivity contribution in [3.63, 3.8) is 0 Å². The number of carbonyl (C=O) groups is 2. The Hall–Kier alpha value is -3.81. The maximum absolute atomic E-state index is 13.2. The van der Waals surface area contributed by atoms with Gasteiger partial charge in [0.2, 0.25) is 5.91 Å². The number of rotatable bonds is 8. The highest BCUT2D eigenvalue weighted by atomic mass is 16.5. The van der Waals surface area contributed by atoms with Crippen molar-refractivity contribution in [3.8, 4) is 5.75 Å². The third-order valence-corrected chi connectivity index (χ3v) is 5.94. The first-order valence-corrected chi connectivity index (χ1v) is 11.1. The summed E-state index contributed by atoms with van der Waals surface area (Å²) in [6.45, 7) is 0.768. The van der Waals surface area contributed by atoms with Gasteiger partial charge in [0.25, 0.3) is 0 Å². The standard InChI is InChI=1S/C25H29N5O3/c1-30-16-15-26-22(30)18-33-21-11-9-20(10-12-21)28-23(31)25(13-5-6-14-25)29-24(32)27-17-19-7-3-2-4-8-19/h2-4,7-12,15-16H,5-6,13-14,17-18H2,1H3,(H,28,31)(H2,27,29,32). The normalized spacial score (nSPS) is 14.5. The van der Waals surface area contributed by atoms with Crippen molar-refractivity contribution in [2.75, 3.05) is 5.32 Å². The molecule has 1 aromatic heterocycles. The van der Waals surface area contributed by atoms with E-state index in [1.807, 2.05) is 48.1 Å². The summed E-state index contributed by atoms with van der Waals surface area (Å²) in [5, 5.41) is 8.75. The number of nitrogens with one attached hydrogen (secondary N) is 3. The minimum Gasteiger partial charge on any atom is -0.486 e. The number of anilines is 1. The number of nitrogens with zero attached hydrogens (tertiary/aromatic N) is 2. The predicted octanol–water partition coefficient (Wildman–Crippen LogP) is 3.75. The number of aromatic nitrogens is 2. The third kappa shape index (κ3) is 5.71. The summed E-state index contributed by atoms with van der Waals surface area (Å²) < 4.78 is 7.67. The number of imidazole rings is 1. The van der Waals surface area contributed by atoms with Crippen LogP contribution >= 0.6 is 0 Å². The Labute approximate surface area is 193 Å². The van der Waals surface area contributed by atoms with Crippen LogP contribution in [0.2, 0.25) is 0 Å². The lowest BCUT2D eigenvalue weighted by atomic mass is 9.96. The Morgan fingerprint density at radius 3 is 2.45 bits per heavy atom. The molecule has 0 saturated heterocycles. The van der Waals surface area contributed by atoms with Gasteiger partial charge in [0, 0.05) is 31.7 Å². The van der Waals surface area contributed by atoms with E-state index in [0.29, 0.717) is 37.4 Å². The number of amides is 3. The largest absolute Gasteiger partial charge is 0.486 e. The molecule has 0 radical (unpaired) electrons. The van der Waals surface area contributed by atoms with Crippen LogP contribution in [0.15, 0.2) is 67.0 Å². The number of carbonyl (C=O) groups excluding carboxylic acids is 2. The molecular weight excluding hydrogens is 418 g/mol. The lowest BCUT2D eigenvalue weighted by molar-refractivity contribution is -0.121. The average Bonchev–Trinajstić information content (AvgIpc) is 3.47. The Morgan fingerprint density at radius 2 is 1.79 bits per heavy atom. The smallest absolute Gasteiger partial charge is 0.315 e. The summed E-state index contributed by atoms with van der Waals surface area (Å²) in [6.07, 6.45) is 6.61. The monoisotopic (exact) mass is 447 g/mol. The fraction of sp³-hybridized carbons (Fsp3) is 0.320. The molecule has 172 valence electrons. The van der Waals surface area contributed by atoms with Crippen molar-refractivity contribution >= 4 is 17.6 Å². The van der Waals surface area contributed by atoms with Crippen molar-refractivity contribution < 1.29 is 14.3 Å². The molecule has 1 heterocycles. The van der Waals surface area contributed by atoms with Gasteiger partial charge in [-0.2, -0.15) is 0 Å². The van der Waals surface area contributed by atoms with Crippen LogP contribution in [0.5, 0.6) is 5.75 Å². The Kier molecular flexibility index (Phi) is 6.92. The molecule has 8 nitrogen and oxygen atoms in total. The highest BCUT2D eigenvalue weighted by Gasteiger charge is 2.42. The Morgan fingerprint density at radius 1 is 1.06 bits per heavy atom. The topological polar surface area (TPSA) is 97.3 Å². The fourth-order valence-electron chi connectivity index (χ4n) is 4.00. The van der Waals surface area contributed by atoms with Gasteiger partial charge in [0.05, 0.1) is 0 Å². The predicted molar refractivity (Wildman–Crippen MR) is 126 cm³/mol. The van der Waals surface area contributed by atoms with Crippen molar-refractivity contribution in [2.45, 2.75) is 44.4 Å². The number of hydrogen-bond donors (Lipinski definition) is 3. The van der Waals surface area contributed by atoms with E-state index in [4.69, 9.17) is 4.74 Å². The lowest BCUT2D eigenvalue weighted by Crippen LogP contribution is -2.57. The first kappa shape index (κ1) is 22.4. The molecule has 0 aliphatic heterocycles. The van der Waals surface area contributed by atoms with E-state index < -0.39 is 5.54 Å². The van der Waals surface area contributed by atoms with Crippen LogP contribution in [0.3, 0.4) is 0 Å². The number of ether oxygens (including phenoxy) is 1. The van der Waals surface area contributed by atoms with Gasteiger partial charge < -0.3 is 25.3 Å². The molecule has 1 fully saturated rings. The fourth-order valence-corrected chi connectivity index (χ4v) is 4.00. The molecule has 33 heavy (non-hydrogen) atoms. The van der Waals surface area contributed by atoms with Gasteiger partial charge in [-0.1, -0.05) is 43.2 Å². The molecule has 0 spiro atoms. The molecule has 0 atom stereocenters. The first-order chi connectivity index (χ1) is 16.0. The van der Waals surface area contributed by atoms with Crippen LogP contribution in [0, 0.1) is 0 Å². The molecule has 3 N–H and O–H groups in total. The summed E-state index contributed by atoms with van der Waals surface area (Å²) in [7, 11) is 1.92. The zero-order valence-electron chi connectivity index (χ0n) is 18.7. The van der Waals surface area contributed by atoms with Crippen LogP contribution in [0.4, 0.5) is 10.5 Å². The van der Waals surface area contributed by atoms with Crippen LogP contribution in [-0.4, -0.2) is 27.0 Å². The second kappa shape index (κ2) is 10.2. The SMILES string of the molecule is Cn1ccnc1COc1ccc(NC(=O)C2(NC(=O)NCc3ccccc3)CCCC2)cc1. The lowest BCUT2D eigenvalue weighted by Gasteiger charge is -2.29. The summed E-state index contributed by atoms with van der Waals surface area (Å²) >= 11 is 0. The van der Waals surface area contributed by atoms with E-state index in [-0.39, 0.29) is 11.9 Å². The van der Waals surface area contributed by atoms with Crippen LogP contribution in [0.1, 0.15) is 37.1 Å². The van der Waals surface area contributed by atoms with Crippen molar-refractivity contribution in [2.24, 2.45) is 7.05 Å². The van der Waals surface area contributed by atoms with Gasteiger partial charge in [-0.05, 0) is 42.7 Å². The molecule has 3 aromatic rings. The van der Waals surface area contributed by atoms with Gasteiger partial charge in [0.15, 0.2) is 0 Å². The van der Waals surface area contributed by atoms with Gasteiger partial charge >= 0.3 is 6.03 Å². The minimum absolute atomic E-state index is 0.198. The van der Waals surface area contributed by atoms with Gasteiger partial charge in [0.1, 0.15) is 23.7 Å². The number of benzene rings is 2. The first-order valence-electron chi connectivity index (χ1n) is 11.1. The molecule has 4 rings (SSSR count). The quantitative estimate of drug-likeness (QED) is 0.490. The highest BCUT2D eigenvalue weighted by molar-refractivity contribution is 6.00. The van der Waals surface area contributed by atoms with Crippen molar-refractivity contribution in [1.29, 1.82) is 0 Å². The maximum Gasteiger partial charge on any atom is 0.315 e. The number of aryl methyl sites for hydroxylation is 1. The van der Waals surface area contributed by atoms with E-state index in [9.17, 15) is 9.59 Å². The van der Waals surface area contributed by atoms with E-state index >= 15 is 0 Å². The second-order valence-corrected chi connectivity index (χ2v) is 8.30. The number of hydrogen-bond acceptors (Lipinski definition) is 4. The highest BCUT2D eigenvalue weighted by Crippen LogP contribution is 2.31. The molecule has 2 aromatic carbocycles. The molecule has 1 aliphatic rings. The van der Waals surface area contributed by atoms with Gasteiger partial charge in [-0.15, -0.1) is 0 Å². The van der Waals surface area contributed by atoms with Crippen LogP contribution < -0.4 is 20.7 Å². The van der Waals surface area contributed by atoms with E-state index in [0.717, 1.165) is 24.2 Å². The van der Waals surface area contributed by atoms with Crippen molar-refractivity contribution in [1.82, 2.24) is 20.2 Å². The number of urea groups is 1. The molecule has 1 aliphatic carbocycles. The Balaban J connectivity index is 1.32. The van der Waals surface area contributed by atoms with Crippen LogP contribution in [0.25, 0.3) is 0 Å². The van der Waals surface area contributed by atoms with E-state index in [1.54, 1.807) is 30.5 Å². The summed E-state index contributed by atoms with van der Waals surface area (Å²) in [6, 6.07) is 16.5. The summed E-state index contributed by atoms with van der Waals surface area (Å²) in [4.78, 5) is 29.9. The second-order valence-electron chi connectivity index (χ2n) is 8.30. The van der Waals surface area contributed by atoms with E-state index in [2.05, 4.69) is 20.9 Å². The molecular formula is C25H29N5O3. The molecule has 1 saturated carbocycles. The molecule has 0 bridgehead atoms. The van der Waals surface area contributed by atoms with Gasteiger partial charge in [-0.3, -0.25) is 4.79 Å². The van der Waals surface area contributed by atoms with Crippen LogP contribution in [-0.2, 0) is 25.0 Å². The maximum atomic E-state index is 13.2. The summed E-state index contributed by atoms with van der Waals surface area (Å²) in [5.41, 5.74) is 0.749. The Bertz CT molecular complexity index is 1070. The molecule has 0 unspecified atom stereocenters. The average molecular weight is 448 g/mol. The minimum atomic E-state index is -0.909. The zero-order chi connectivity index (χ0) is 23.1.